The zero-order chi connectivity index (χ0) is 33.3. The highest BCUT2D eigenvalue weighted by atomic mass is 35.5. The highest BCUT2D eigenvalue weighted by Gasteiger charge is 2.44. The number of benzene rings is 3. The molecule has 2 amide bonds. The summed E-state index contributed by atoms with van der Waals surface area (Å²) in [6.07, 6.45) is 2.03. The number of phenolic OH excluding ortho intramolecular Hbond substituents is 1. The largest absolute Gasteiger partial charge is 0.506 e. The summed E-state index contributed by atoms with van der Waals surface area (Å²) in [5.41, 5.74) is 2.83. The number of nitrogens with one attached hydrogen (secondary N) is 2. The molecule has 47 heavy (non-hydrogen) atoms. The van der Waals surface area contributed by atoms with Gasteiger partial charge >= 0.3 is 0 Å². The Labute approximate surface area is 279 Å². The summed E-state index contributed by atoms with van der Waals surface area (Å²) in [5.74, 6) is -0.433. The van der Waals surface area contributed by atoms with Gasteiger partial charge in [-0.05, 0) is 66.5 Å². The van der Waals surface area contributed by atoms with E-state index in [1.54, 1.807) is 30.3 Å². The van der Waals surface area contributed by atoms with E-state index in [2.05, 4.69) is 10.6 Å². The van der Waals surface area contributed by atoms with E-state index in [9.17, 15) is 24.6 Å². The standard InChI is InChI=1S/C37H40ClN3O6/c1-37(2)19-27-34(31(44)20-37)36(24-15-14-23(18-25(24)38)47-21-22-8-4-3-5-9-22)41(28-11-7-13-30(43)35(28)40-27)33(46)17-16-32(45)39-26-10-6-12-29(26)42/h3-5,7-9,11,13-15,18,26,29,36,40,42-43H,6,10,12,16-17,19-21H2,1-2H3,(H,39,45). The lowest BCUT2D eigenvalue weighted by Gasteiger charge is -2.37. The topological polar surface area (TPSA) is 128 Å². The van der Waals surface area contributed by atoms with Crippen molar-refractivity contribution < 1.29 is 29.3 Å². The number of para-hydroxylation sites is 1. The Morgan fingerprint density at radius 1 is 1.04 bits per heavy atom. The minimum absolute atomic E-state index is 0.0765. The van der Waals surface area contributed by atoms with E-state index >= 15 is 0 Å². The van der Waals surface area contributed by atoms with E-state index in [1.165, 1.54) is 11.0 Å². The summed E-state index contributed by atoms with van der Waals surface area (Å²) in [7, 11) is 0. The molecule has 246 valence electrons. The normalized spacial score (nSPS) is 21.7. The number of Topliss-reactive ketones (excluding diaryl/α,β-unsaturated/α-hetero) is 1. The zero-order valence-corrected chi connectivity index (χ0v) is 27.3. The van der Waals surface area contributed by atoms with Crippen LogP contribution in [0, 0.1) is 5.41 Å². The molecule has 0 bridgehead atoms. The van der Waals surface area contributed by atoms with E-state index in [-0.39, 0.29) is 48.2 Å². The number of carbonyl (C=O) groups is 3. The molecule has 0 radical (unpaired) electrons. The Hall–Kier alpha value is -4.34. The molecule has 0 spiro atoms. The first-order valence-corrected chi connectivity index (χ1v) is 16.5. The molecule has 9 nitrogen and oxygen atoms in total. The summed E-state index contributed by atoms with van der Waals surface area (Å²) >= 11 is 6.99. The minimum atomic E-state index is -0.938. The molecule has 3 atom stereocenters. The molecule has 10 heteroatoms. The van der Waals surface area contributed by atoms with Crippen LogP contribution >= 0.6 is 11.6 Å². The maximum Gasteiger partial charge on any atom is 0.228 e. The first-order chi connectivity index (χ1) is 22.5. The van der Waals surface area contributed by atoms with Gasteiger partial charge in [0.25, 0.3) is 0 Å². The van der Waals surface area contributed by atoms with Crippen molar-refractivity contribution in [3.8, 4) is 11.5 Å². The van der Waals surface area contributed by atoms with Gasteiger partial charge in [0, 0.05) is 35.6 Å². The van der Waals surface area contributed by atoms with Crippen molar-refractivity contribution in [1.29, 1.82) is 0 Å². The SMILES string of the molecule is CC1(C)CC(=O)C2=C(C1)Nc1c(O)cccc1N(C(=O)CCC(=O)NC1CCCC1O)C2c1ccc(OCc2ccccc2)cc1Cl. The third-order valence-corrected chi connectivity index (χ3v) is 9.51. The van der Waals surface area contributed by atoms with Crippen molar-refractivity contribution in [3.63, 3.8) is 0 Å². The van der Waals surface area contributed by atoms with Crippen LogP contribution in [0.3, 0.4) is 0 Å². The van der Waals surface area contributed by atoms with E-state index in [4.69, 9.17) is 16.3 Å². The van der Waals surface area contributed by atoms with E-state index < -0.39 is 18.1 Å². The highest BCUT2D eigenvalue weighted by molar-refractivity contribution is 6.31. The second-order valence-corrected chi connectivity index (χ2v) is 13.8. The van der Waals surface area contributed by atoms with E-state index in [1.807, 2.05) is 44.2 Å². The fraction of sp³-hybridized carbons (Fsp3) is 0.378. The Morgan fingerprint density at radius 3 is 2.55 bits per heavy atom. The van der Waals surface area contributed by atoms with Crippen molar-refractivity contribution in [1.82, 2.24) is 5.32 Å². The van der Waals surface area contributed by atoms with Gasteiger partial charge in [-0.25, -0.2) is 0 Å². The van der Waals surface area contributed by atoms with Gasteiger partial charge in [0.2, 0.25) is 11.8 Å². The van der Waals surface area contributed by atoms with Crippen molar-refractivity contribution in [2.24, 2.45) is 5.41 Å². The lowest BCUT2D eigenvalue weighted by Crippen LogP contribution is -2.42. The first kappa shape index (κ1) is 32.6. The number of fused-ring (bicyclic) bond motifs is 1. The maximum absolute atomic E-state index is 14.3. The minimum Gasteiger partial charge on any atom is -0.506 e. The molecule has 1 saturated carbocycles. The Kier molecular flexibility index (Phi) is 9.30. The molecule has 3 aliphatic rings. The van der Waals surface area contributed by atoms with Crippen molar-refractivity contribution >= 4 is 40.6 Å². The molecule has 3 unspecified atom stereocenters. The molecule has 0 saturated heterocycles. The fourth-order valence-electron chi connectivity index (χ4n) is 6.90. The number of halogens is 1. The van der Waals surface area contributed by atoms with E-state index in [0.717, 1.165) is 12.0 Å². The van der Waals surface area contributed by atoms with Gasteiger partial charge in [0.15, 0.2) is 5.78 Å². The van der Waals surface area contributed by atoms with Crippen molar-refractivity contribution in [3.05, 3.63) is 94.1 Å². The number of aliphatic hydroxyl groups is 1. The number of ketones is 1. The Balaban J connectivity index is 1.39. The summed E-state index contributed by atoms with van der Waals surface area (Å²) in [6.45, 7) is 4.36. The molecule has 1 aliphatic heterocycles. The number of phenols is 1. The average molecular weight is 658 g/mol. The number of aliphatic hydroxyl groups excluding tert-OH is 1. The quantitative estimate of drug-likeness (QED) is 0.202. The summed E-state index contributed by atoms with van der Waals surface area (Å²) < 4.78 is 6.02. The van der Waals surface area contributed by atoms with Crippen LogP contribution in [0.1, 0.15) is 76.0 Å². The second-order valence-electron chi connectivity index (χ2n) is 13.4. The van der Waals surface area contributed by atoms with Gasteiger partial charge in [-0.2, -0.15) is 0 Å². The summed E-state index contributed by atoms with van der Waals surface area (Å²) in [5, 5.41) is 27.7. The van der Waals surface area contributed by atoms with Crippen LogP contribution < -0.4 is 20.3 Å². The molecule has 2 aliphatic carbocycles. The maximum atomic E-state index is 14.3. The third-order valence-electron chi connectivity index (χ3n) is 9.18. The number of ether oxygens (including phenoxy) is 1. The zero-order valence-electron chi connectivity index (χ0n) is 26.6. The number of hydrogen-bond donors (Lipinski definition) is 4. The predicted octanol–water partition coefficient (Wildman–Crippen LogP) is 6.58. The highest BCUT2D eigenvalue weighted by Crippen LogP contribution is 2.51. The van der Waals surface area contributed by atoms with Crippen LogP contribution in [-0.4, -0.2) is 40.0 Å². The molecule has 4 N–H and O–H groups in total. The van der Waals surface area contributed by atoms with Gasteiger partial charge < -0.3 is 25.6 Å². The Bertz CT molecular complexity index is 1720. The fourth-order valence-corrected chi connectivity index (χ4v) is 7.18. The molecule has 3 aromatic carbocycles. The van der Waals surface area contributed by atoms with Gasteiger partial charge in [0.05, 0.1) is 23.9 Å². The summed E-state index contributed by atoms with van der Waals surface area (Å²) in [6, 6.07) is 18.6. The van der Waals surface area contributed by atoms with Gasteiger partial charge in [0.1, 0.15) is 23.8 Å². The lowest BCUT2D eigenvalue weighted by atomic mass is 9.73. The van der Waals surface area contributed by atoms with Crippen LogP contribution in [-0.2, 0) is 21.0 Å². The molecule has 1 fully saturated rings. The third kappa shape index (κ3) is 7.01. The number of anilines is 2. The Morgan fingerprint density at radius 2 is 1.83 bits per heavy atom. The predicted molar refractivity (Wildman–Crippen MR) is 180 cm³/mol. The molecular formula is C37H40ClN3O6. The van der Waals surface area contributed by atoms with Crippen LogP contribution in [0.4, 0.5) is 11.4 Å². The van der Waals surface area contributed by atoms with Crippen LogP contribution in [0.25, 0.3) is 0 Å². The number of aromatic hydroxyl groups is 1. The number of amides is 2. The van der Waals surface area contributed by atoms with Crippen LogP contribution in [0.15, 0.2) is 78.0 Å². The van der Waals surface area contributed by atoms with Gasteiger partial charge in [-0.1, -0.05) is 67.9 Å². The van der Waals surface area contributed by atoms with Crippen molar-refractivity contribution in [2.75, 3.05) is 10.2 Å². The number of carbonyl (C=O) groups excluding carboxylic acids is 3. The molecule has 1 heterocycles. The number of allylic oxidation sites excluding steroid dienone is 1. The van der Waals surface area contributed by atoms with E-state index in [0.29, 0.717) is 64.8 Å². The second kappa shape index (κ2) is 13.4. The van der Waals surface area contributed by atoms with Crippen molar-refractivity contribution in [2.45, 2.75) is 83.6 Å². The smallest absolute Gasteiger partial charge is 0.228 e. The average Bonchev–Trinajstić information content (AvgIpc) is 3.36. The van der Waals surface area contributed by atoms with Crippen LogP contribution in [0.2, 0.25) is 5.02 Å². The number of hydrogen-bond acceptors (Lipinski definition) is 7. The summed E-state index contributed by atoms with van der Waals surface area (Å²) in [4.78, 5) is 42.8. The van der Waals surface area contributed by atoms with Gasteiger partial charge in [-0.3, -0.25) is 19.3 Å². The number of rotatable bonds is 8. The molecule has 0 aromatic heterocycles. The van der Waals surface area contributed by atoms with Gasteiger partial charge in [-0.15, -0.1) is 0 Å². The first-order valence-electron chi connectivity index (χ1n) is 16.1. The van der Waals surface area contributed by atoms with Crippen LogP contribution in [0.5, 0.6) is 11.5 Å². The molecule has 3 aromatic rings. The lowest BCUT2D eigenvalue weighted by molar-refractivity contribution is -0.126. The monoisotopic (exact) mass is 657 g/mol. The molecular weight excluding hydrogens is 618 g/mol. The molecule has 6 rings (SSSR count). The number of nitrogens with zero attached hydrogens (tertiary/aromatic N) is 1.